The van der Waals surface area contributed by atoms with E-state index >= 15 is 0 Å². The molecule has 1 atom stereocenters. The highest BCUT2D eigenvalue weighted by Gasteiger charge is 2.32. The number of nitrogens with zero attached hydrogens (tertiary/aromatic N) is 1. The van der Waals surface area contributed by atoms with Gasteiger partial charge in [0.05, 0.1) is 43.7 Å². The maximum absolute atomic E-state index is 12.9. The number of hydrogen-bond donors (Lipinski definition) is 2. The fourth-order valence-corrected chi connectivity index (χ4v) is 2.35. The number of ether oxygens (including phenoxy) is 2. The Morgan fingerprint density at radius 3 is 2.88 bits per heavy atom. The summed E-state index contributed by atoms with van der Waals surface area (Å²) in [6.07, 6.45) is -4.53. The Morgan fingerprint density at radius 2 is 2.25 bits per heavy atom. The molecule has 0 aliphatic carbocycles. The Hall–Kier alpha value is -2.00. The molecule has 0 unspecified atom stereocenters. The number of amides is 2. The molecule has 1 heterocycles. The number of hydrogen-bond acceptors (Lipinski definition) is 4. The van der Waals surface area contributed by atoms with Crippen molar-refractivity contribution in [3.8, 4) is 5.75 Å². The number of carbonyl (C=O) groups excluding carboxylic acids is 1. The summed E-state index contributed by atoms with van der Waals surface area (Å²) in [5.41, 5.74) is -0.957. The zero-order chi connectivity index (χ0) is 17.7. The Balaban J connectivity index is 2.24. The average Bonchev–Trinajstić information content (AvgIpc) is 2.55. The number of anilines is 1. The molecule has 0 radical (unpaired) electrons. The number of aliphatic hydroxyl groups is 1. The van der Waals surface area contributed by atoms with Crippen LogP contribution in [0.25, 0.3) is 0 Å². The quantitative estimate of drug-likeness (QED) is 0.876. The van der Waals surface area contributed by atoms with E-state index < -0.39 is 23.8 Å². The van der Waals surface area contributed by atoms with E-state index in [1.807, 2.05) is 0 Å². The Kier molecular flexibility index (Phi) is 5.89. The highest BCUT2D eigenvalue weighted by Crippen LogP contribution is 2.35. The van der Waals surface area contributed by atoms with Gasteiger partial charge in [0.1, 0.15) is 5.75 Å². The molecule has 9 heteroatoms. The number of carbonyl (C=O) groups is 1. The molecular formula is C15H19F3N2O4. The zero-order valence-corrected chi connectivity index (χ0v) is 13.1. The van der Waals surface area contributed by atoms with E-state index in [0.29, 0.717) is 6.61 Å². The zero-order valence-electron chi connectivity index (χ0n) is 13.1. The normalized spacial score (nSPS) is 18.4. The lowest BCUT2D eigenvalue weighted by molar-refractivity contribution is -0.137. The van der Waals surface area contributed by atoms with Crippen molar-refractivity contribution in [1.82, 2.24) is 4.90 Å². The molecule has 1 aliphatic rings. The van der Waals surface area contributed by atoms with Crippen molar-refractivity contribution in [2.45, 2.75) is 19.1 Å². The van der Waals surface area contributed by atoms with Crippen LogP contribution in [0.3, 0.4) is 0 Å². The lowest BCUT2D eigenvalue weighted by atomic mass is 10.1. The second kappa shape index (κ2) is 7.71. The monoisotopic (exact) mass is 348 g/mol. The second-order valence-corrected chi connectivity index (χ2v) is 5.18. The van der Waals surface area contributed by atoms with Gasteiger partial charge in [-0.15, -0.1) is 0 Å². The second-order valence-electron chi connectivity index (χ2n) is 5.18. The smallest absolute Gasteiger partial charge is 0.416 e. The number of urea groups is 1. The summed E-state index contributed by atoms with van der Waals surface area (Å²) in [5.74, 6) is 0.146. The van der Waals surface area contributed by atoms with Crippen LogP contribution in [-0.2, 0) is 10.9 Å². The summed E-state index contributed by atoms with van der Waals surface area (Å²) in [6, 6.07) is 1.74. The first-order chi connectivity index (χ1) is 11.4. The predicted molar refractivity (Wildman–Crippen MR) is 80.0 cm³/mol. The van der Waals surface area contributed by atoms with Gasteiger partial charge in [0.25, 0.3) is 0 Å². The minimum absolute atomic E-state index is 0.0696. The summed E-state index contributed by atoms with van der Waals surface area (Å²) >= 11 is 0. The van der Waals surface area contributed by atoms with E-state index in [1.165, 1.54) is 11.0 Å². The SMILES string of the molecule is CCOc1ccc(C(F)(F)F)cc1NC(=O)N1CCOC[C@@H]1CO. The third-order valence-corrected chi connectivity index (χ3v) is 3.55. The van der Waals surface area contributed by atoms with Gasteiger partial charge in [0.2, 0.25) is 0 Å². The summed E-state index contributed by atoms with van der Waals surface area (Å²) in [5, 5.41) is 11.7. The molecule has 6 nitrogen and oxygen atoms in total. The molecule has 1 fully saturated rings. The number of aliphatic hydroxyl groups excluding tert-OH is 1. The number of benzene rings is 1. The van der Waals surface area contributed by atoms with Gasteiger partial charge in [-0.2, -0.15) is 13.2 Å². The highest BCUT2D eigenvalue weighted by atomic mass is 19.4. The van der Waals surface area contributed by atoms with Gasteiger partial charge in [0, 0.05) is 6.54 Å². The Bertz CT molecular complexity index is 580. The van der Waals surface area contributed by atoms with Crippen molar-refractivity contribution in [1.29, 1.82) is 0 Å². The molecule has 1 aliphatic heterocycles. The fraction of sp³-hybridized carbons (Fsp3) is 0.533. The Morgan fingerprint density at radius 1 is 1.50 bits per heavy atom. The first-order valence-electron chi connectivity index (χ1n) is 7.47. The van der Waals surface area contributed by atoms with Crippen molar-refractivity contribution in [2.75, 3.05) is 38.3 Å². The summed E-state index contributed by atoms with van der Waals surface area (Å²) < 4.78 is 49.1. The topological polar surface area (TPSA) is 71.0 Å². The minimum atomic E-state index is -4.53. The molecule has 1 aromatic rings. The Labute approximate surface area is 137 Å². The van der Waals surface area contributed by atoms with Crippen LogP contribution in [0.4, 0.5) is 23.7 Å². The van der Waals surface area contributed by atoms with Gasteiger partial charge in [-0.05, 0) is 25.1 Å². The van der Waals surface area contributed by atoms with E-state index in [0.717, 1.165) is 12.1 Å². The molecule has 24 heavy (non-hydrogen) atoms. The number of morpholine rings is 1. The molecular weight excluding hydrogens is 329 g/mol. The van der Waals surface area contributed by atoms with Crippen LogP contribution in [0.5, 0.6) is 5.75 Å². The molecule has 2 N–H and O–H groups in total. The van der Waals surface area contributed by atoms with Gasteiger partial charge in [-0.3, -0.25) is 0 Å². The van der Waals surface area contributed by atoms with Gasteiger partial charge < -0.3 is 24.8 Å². The molecule has 2 amide bonds. The minimum Gasteiger partial charge on any atom is -0.492 e. The molecule has 1 saturated heterocycles. The number of rotatable bonds is 4. The van der Waals surface area contributed by atoms with Crippen LogP contribution in [0, 0.1) is 0 Å². The molecule has 0 saturated carbocycles. The standard InChI is InChI=1S/C15H19F3N2O4/c1-2-24-13-4-3-10(15(16,17)18)7-12(13)19-14(22)20-5-6-23-9-11(20)8-21/h3-4,7,11,21H,2,5-6,8-9H2,1H3,(H,19,22)/t11-/m0/s1. The van der Waals surface area contributed by atoms with E-state index in [1.54, 1.807) is 6.92 Å². The number of nitrogens with one attached hydrogen (secondary N) is 1. The van der Waals surface area contributed by atoms with E-state index in [4.69, 9.17) is 9.47 Å². The number of halogens is 3. The molecule has 0 aromatic heterocycles. The van der Waals surface area contributed by atoms with Gasteiger partial charge in [0.15, 0.2) is 0 Å². The van der Waals surface area contributed by atoms with Crippen molar-refractivity contribution in [2.24, 2.45) is 0 Å². The van der Waals surface area contributed by atoms with Crippen molar-refractivity contribution < 1.29 is 32.5 Å². The van der Waals surface area contributed by atoms with E-state index in [-0.39, 0.29) is 37.8 Å². The largest absolute Gasteiger partial charge is 0.492 e. The van der Waals surface area contributed by atoms with Crippen LogP contribution in [0.15, 0.2) is 18.2 Å². The van der Waals surface area contributed by atoms with Gasteiger partial charge in [-0.1, -0.05) is 0 Å². The van der Waals surface area contributed by atoms with Crippen LogP contribution in [-0.4, -0.2) is 55.1 Å². The van der Waals surface area contributed by atoms with Gasteiger partial charge >= 0.3 is 12.2 Å². The first kappa shape index (κ1) is 18.3. The van der Waals surface area contributed by atoms with Crippen LogP contribution >= 0.6 is 0 Å². The molecule has 2 rings (SSSR count). The summed E-state index contributed by atoms with van der Waals surface area (Å²) in [7, 11) is 0. The fourth-order valence-electron chi connectivity index (χ4n) is 2.35. The third-order valence-electron chi connectivity index (χ3n) is 3.55. The van der Waals surface area contributed by atoms with E-state index in [9.17, 15) is 23.1 Å². The maximum atomic E-state index is 12.9. The van der Waals surface area contributed by atoms with E-state index in [2.05, 4.69) is 5.32 Å². The van der Waals surface area contributed by atoms with Crippen molar-refractivity contribution in [3.05, 3.63) is 23.8 Å². The average molecular weight is 348 g/mol. The lowest BCUT2D eigenvalue weighted by Gasteiger charge is -2.34. The maximum Gasteiger partial charge on any atom is 0.416 e. The molecule has 1 aromatic carbocycles. The molecule has 134 valence electrons. The first-order valence-corrected chi connectivity index (χ1v) is 7.47. The molecule has 0 spiro atoms. The summed E-state index contributed by atoms with van der Waals surface area (Å²) in [6.45, 7) is 2.34. The van der Waals surface area contributed by atoms with Crippen molar-refractivity contribution >= 4 is 11.7 Å². The number of alkyl halides is 3. The van der Waals surface area contributed by atoms with Gasteiger partial charge in [-0.25, -0.2) is 4.79 Å². The highest BCUT2D eigenvalue weighted by molar-refractivity contribution is 5.91. The van der Waals surface area contributed by atoms with Crippen LogP contribution < -0.4 is 10.1 Å². The summed E-state index contributed by atoms with van der Waals surface area (Å²) in [4.78, 5) is 13.7. The third kappa shape index (κ3) is 4.30. The van der Waals surface area contributed by atoms with Crippen LogP contribution in [0.1, 0.15) is 12.5 Å². The predicted octanol–water partition coefficient (Wildman–Crippen LogP) is 2.33. The molecule has 0 bridgehead atoms. The lowest BCUT2D eigenvalue weighted by Crippen LogP contribution is -2.52. The van der Waals surface area contributed by atoms with Crippen molar-refractivity contribution in [3.63, 3.8) is 0 Å². The van der Waals surface area contributed by atoms with Crippen LogP contribution in [0.2, 0.25) is 0 Å².